The van der Waals surface area contributed by atoms with E-state index in [1.165, 1.54) is 12.1 Å². The third kappa shape index (κ3) is 5.79. The van der Waals surface area contributed by atoms with E-state index >= 15 is 0 Å². The van der Waals surface area contributed by atoms with Gasteiger partial charge in [-0.2, -0.15) is 0 Å². The zero-order valence-corrected chi connectivity index (χ0v) is 11.9. The van der Waals surface area contributed by atoms with Crippen molar-refractivity contribution >= 4 is 11.6 Å². The molecule has 2 N–H and O–H groups in total. The Bertz CT molecular complexity index is 445. The van der Waals surface area contributed by atoms with Crippen molar-refractivity contribution < 1.29 is 9.72 Å². The van der Waals surface area contributed by atoms with Gasteiger partial charge in [0.1, 0.15) is 0 Å². The highest BCUT2D eigenvalue weighted by Crippen LogP contribution is 2.11. The van der Waals surface area contributed by atoms with Crippen LogP contribution in [-0.2, 0) is 11.2 Å². The fraction of sp³-hybridized carbons (Fsp3) is 0.500. The average Bonchev–Trinajstić information content (AvgIpc) is 2.45. The van der Waals surface area contributed by atoms with Gasteiger partial charge in [-0.3, -0.25) is 14.9 Å². The normalized spacial score (nSPS) is 11.9. The number of carbonyl (C=O) groups excluding carboxylic acids is 1. The summed E-state index contributed by atoms with van der Waals surface area (Å²) in [7, 11) is 0. The molecule has 110 valence electrons. The summed E-state index contributed by atoms with van der Waals surface area (Å²) in [6.45, 7) is 4.93. The van der Waals surface area contributed by atoms with Crippen LogP contribution in [-0.4, -0.2) is 30.0 Å². The monoisotopic (exact) mass is 279 g/mol. The summed E-state index contributed by atoms with van der Waals surface area (Å²) in [6, 6.07) is 6.70. The first kappa shape index (κ1) is 16.1. The molecule has 0 saturated carbocycles. The van der Waals surface area contributed by atoms with Crippen molar-refractivity contribution in [1.82, 2.24) is 10.6 Å². The second-order valence-electron chi connectivity index (χ2n) is 4.71. The van der Waals surface area contributed by atoms with E-state index in [2.05, 4.69) is 17.6 Å². The van der Waals surface area contributed by atoms with Crippen molar-refractivity contribution in [1.29, 1.82) is 0 Å². The van der Waals surface area contributed by atoms with Crippen LogP contribution in [0.4, 0.5) is 5.69 Å². The molecule has 0 saturated heterocycles. The molecular weight excluding hydrogens is 258 g/mol. The third-order valence-electron chi connectivity index (χ3n) is 3.11. The highest BCUT2D eigenvalue weighted by Gasteiger charge is 2.05. The Morgan fingerprint density at radius 2 is 2.00 bits per heavy atom. The van der Waals surface area contributed by atoms with Gasteiger partial charge in [0.2, 0.25) is 5.91 Å². The van der Waals surface area contributed by atoms with Crippen LogP contribution in [0.3, 0.4) is 0 Å². The number of hydrogen-bond acceptors (Lipinski definition) is 4. The molecule has 0 aromatic heterocycles. The fourth-order valence-corrected chi connectivity index (χ4v) is 1.60. The highest BCUT2D eigenvalue weighted by atomic mass is 16.6. The number of nitrogens with one attached hydrogen (secondary N) is 2. The molecule has 0 radical (unpaired) electrons. The lowest BCUT2D eigenvalue weighted by Crippen LogP contribution is -2.38. The molecule has 0 aliphatic carbocycles. The number of nitro groups is 1. The second-order valence-corrected chi connectivity index (χ2v) is 4.71. The lowest BCUT2D eigenvalue weighted by Gasteiger charge is -2.11. The molecule has 0 bridgehead atoms. The van der Waals surface area contributed by atoms with Gasteiger partial charge in [0.15, 0.2) is 0 Å². The van der Waals surface area contributed by atoms with Crippen LogP contribution in [0.25, 0.3) is 0 Å². The first-order valence-electron chi connectivity index (χ1n) is 6.76. The van der Waals surface area contributed by atoms with Crippen LogP contribution in [0.1, 0.15) is 25.8 Å². The number of nitrogens with zero attached hydrogens (tertiary/aromatic N) is 1. The maximum Gasteiger partial charge on any atom is 0.269 e. The maximum absolute atomic E-state index is 11.5. The van der Waals surface area contributed by atoms with Gasteiger partial charge in [-0.05, 0) is 25.3 Å². The Labute approximate surface area is 118 Å². The molecule has 1 aromatic carbocycles. The van der Waals surface area contributed by atoms with Gasteiger partial charge >= 0.3 is 0 Å². The molecule has 0 fully saturated rings. The van der Waals surface area contributed by atoms with Crippen molar-refractivity contribution in [2.24, 2.45) is 0 Å². The number of carbonyl (C=O) groups is 1. The molecule has 1 amide bonds. The molecule has 20 heavy (non-hydrogen) atoms. The van der Waals surface area contributed by atoms with Crippen molar-refractivity contribution in [3.8, 4) is 0 Å². The Morgan fingerprint density at radius 3 is 2.55 bits per heavy atom. The predicted molar refractivity (Wildman–Crippen MR) is 77.6 cm³/mol. The molecule has 0 aliphatic rings. The third-order valence-corrected chi connectivity index (χ3v) is 3.11. The van der Waals surface area contributed by atoms with Crippen LogP contribution in [0, 0.1) is 10.1 Å². The van der Waals surface area contributed by atoms with Gasteiger partial charge < -0.3 is 10.6 Å². The highest BCUT2D eigenvalue weighted by molar-refractivity contribution is 5.78. The molecule has 6 heteroatoms. The average molecular weight is 279 g/mol. The van der Waals surface area contributed by atoms with E-state index in [9.17, 15) is 14.9 Å². The number of hydrogen-bond donors (Lipinski definition) is 2. The minimum absolute atomic E-state index is 0.0350. The van der Waals surface area contributed by atoms with Crippen molar-refractivity contribution in [2.45, 2.75) is 32.7 Å². The Balaban J connectivity index is 2.26. The molecule has 0 spiro atoms. The number of nitro benzene ring substituents is 1. The second kappa shape index (κ2) is 8.27. The Hall–Kier alpha value is -1.95. The minimum Gasteiger partial charge on any atom is -0.355 e. The summed E-state index contributed by atoms with van der Waals surface area (Å²) in [6.07, 6.45) is 1.64. The van der Waals surface area contributed by atoms with Crippen LogP contribution < -0.4 is 10.6 Å². The molecular formula is C14H21N3O3. The van der Waals surface area contributed by atoms with Crippen LogP contribution in [0.15, 0.2) is 24.3 Å². The molecule has 0 aliphatic heterocycles. The summed E-state index contributed by atoms with van der Waals surface area (Å²) in [5.74, 6) is -0.0350. The lowest BCUT2D eigenvalue weighted by molar-refractivity contribution is -0.384. The quantitative estimate of drug-likeness (QED) is 0.559. The van der Waals surface area contributed by atoms with Crippen LogP contribution in [0.2, 0.25) is 0 Å². The van der Waals surface area contributed by atoms with E-state index in [0.717, 1.165) is 12.0 Å². The first-order valence-corrected chi connectivity index (χ1v) is 6.76. The smallest absolute Gasteiger partial charge is 0.269 e. The SMILES string of the molecule is CCC(C)NCC(=O)NCCc1ccc([N+](=O)[O-])cc1. The molecule has 1 atom stereocenters. The summed E-state index contributed by atoms with van der Waals surface area (Å²) in [4.78, 5) is 21.6. The Kier molecular flexibility index (Phi) is 6.66. The lowest BCUT2D eigenvalue weighted by atomic mass is 10.1. The van der Waals surface area contributed by atoms with Crippen molar-refractivity contribution in [3.05, 3.63) is 39.9 Å². The first-order chi connectivity index (χ1) is 9.52. The van der Waals surface area contributed by atoms with Crippen LogP contribution in [0.5, 0.6) is 0 Å². The minimum atomic E-state index is -0.424. The van der Waals surface area contributed by atoms with E-state index < -0.39 is 4.92 Å². The Morgan fingerprint density at radius 1 is 1.35 bits per heavy atom. The maximum atomic E-state index is 11.5. The summed E-state index contributed by atoms with van der Waals surface area (Å²) >= 11 is 0. The van der Waals surface area contributed by atoms with Gasteiger partial charge in [0.25, 0.3) is 5.69 Å². The zero-order chi connectivity index (χ0) is 15.0. The van der Waals surface area contributed by atoms with E-state index in [4.69, 9.17) is 0 Å². The molecule has 1 unspecified atom stereocenters. The number of amides is 1. The van der Waals surface area contributed by atoms with Gasteiger partial charge in [0.05, 0.1) is 11.5 Å². The number of benzene rings is 1. The van der Waals surface area contributed by atoms with E-state index in [1.54, 1.807) is 12.1 Å². The molecule has 6 nitrogen and oxygen atoms in total. The largest absolute Gasteiger partial charge is 0.355 e. The summed E-state index contributed by atoms with van der Waals surface area (Å²) in [5.41, 5.74) is 1.04. The van der Waals surface area contributed by atoms with Crippen LogP contribution >= 0.6 is 0 Å². The van der Waals surface area contributed by atoms with Gasteiger partial charge in [-0.25, -0.2) is 0 Å². The van der Waals surface area contributed by atoms with Crippen molar-refractivity contribution in [3.63, 3.8) is 0 Å². The van der Waals surface area contributed by atoms with E-state index in [-0.39, 0.29) is 11.6 Å². The molecule has 0 heterocycles. The van der Waals surface area contributed by atoms with E-state index in [1.807, 2.05) is 6.92 Å². The van der Waals surface area contributed by atoms with E-state index in [0.29, 0.717) is 25.6 Å². The topological polar surface area (TPSA) is 84.3 Å². The standard InChI is InChI=1S/C14H21N3O3/c1-3-11(2)16-10-14(18)15-9-8-12-4-6-13(7-5-12)17(19)20/h4-7,11,16H,3,8-10H2,1-2H3,(H,15,18). The predicted octanol–water partition coefficient (Wildman–Crippen LogP) is 1.64. The number of rotatable bonds is 8. The number of non-ortho nitro benzene ring substituents is 1. The molecule has 1 rings (SSSR count). The zero-order valence-electron chi connectivity index (χ0n) is 11.9. The fourth-order valence-electron chi connectivity index (χ4n) is 1.60. The molecule has 1 aromatic rings. The van der Waals surface area contributed by atoms with Gasteiger partial charge in [-0.1, -0.05) is 19.1 Å². The summed E-state index contributed by atoms with van der Waals surface area (Å²) < 4.78 is 0. The van der Waals surface area contributed by atoms with Crippen molar-refractivity contribution in [2.75, 3.05) is 13.1 Å². The van der Waals surface area contributed by atoms with Gasteiger partial charge in [-0.15, -0.1) is 0 Å². The van der Waals surface area contributed by atoms with Gasteiger partial charge in [0, 0.05) is 24.7 Å². The summed E-state index contributed by atoms with van der Waals surface area (Å²) in [5, 5.41) is 16.4.